The summed E-state index contributed by atoms with van der Waals surface area (Å²) in [4.78, 5) is 8.04. The van der Waals surface area contributed by atoms with Crippen LogP contribution in [0.15, 0.2) is 23.4 Å². The van der Waals surface area contributed by atoms with Gasteiger partial charge in [-0.25, -0.2) is 23.1 Å². The number of H-pyrrole nitrogens is 1. The minimum Gasteiger partial charge on any atom is -0.284 e. The average molecular weight is 253 g/mol. The van der Waals surface area contributed by atoms with Crippen molar-refractivity contribution in [3.63, 3.8) is 0 Å². The molecular weight excluding hydrogens is 242 g/mol. The average Bonchev–Trinajstić information content (AvgIpc) is 2.67. The molecule has 0 atom stereocenters. The number of sulfonamides is 1. The van der Waals surface area contributed by atoms with Gasteiger partial charge in [0.2, 0.25) is 5.95 Å². The molecule has 0 unspecified atom stereocenters. The third-order valence-electron chi connectivity index (χ3n) is 1.99. The van der Waals surface area contributed by atoms with Crippen LogP contribution in [0.5, 0.6) is 0 Å². The second-order valence-electron chi connectivity index (χ2n) is 3.51. The van der Waals surface area contributed by atoms with Crippen LogP contribution in [-0.2, 0) is 10.0 Å². The molecular formula is C9H11N5O2S. The molecule has 8 heteroatoms. The highest BCUT2D eigenvalue weighted by atomic mass is 32.2. The molecule has 0 fully saturated rings. The molecule has 0 bridgehead atoms. The molecule has 0 spiro atoms. The van der Waals surface area contributed by atoms with Crippen molar-refractivity contribution < 1.29 is 8.42 Å². The van der Waals surface area contributed by atoms with E-state index < -0.39 is 10.0 Å². The molecule has 90 valence electrons. The Hall–Kier alpha value is -1.96. The molecule has 2 N–H and O–H groups in total. The molecule has 0 saturated carbocycles. The predicted octanol–water partition coefficient (Wildman–Crippen LogP) is 0.617. The van der Waals surface area contributed by atoms with Crippen molar-refractivity contribution in [1.82, 2.24) is 20.2 Å². The van der Waals surface area contributed by atoms with Crippen LogP contribution in [0.1, 0.15) is 11.4 Å². The quantitative estimate of drug-likeness (QED) is 0.835. The normalized spacial score (nSPS) is 11.4. The third-order valence-corrected chi connectivity index (χ3v) is 3.29. The molecule has 2 rings (SSSR count). The predicted molar refractivity (Wildman–Crippen MR) is 60.9 cm³/mol. The molecule has 0 aliphatic rings. The van der Waals surface area contributed by atoms with E-state index in [1.54, 1.807) is 19.9 Å². The zero-order valence-electron chi connectivity index (χ0n) is 9.30. The number of nitrogens with one attached hydrogen (secondary N) is 2. The number of aromatic amines is 1. The van der Waals surface area contributed by atoms with Gasteiger partial charge in [0.05, 0.1) is 6.20 Å². The van der Waals surface area contributed by atoms with Crippen molar-refractivity contribution in [3.8, 4) is 0 Å². The Morgan fingerprint density at radius 3 is 2.41 bits per heavy atom. The standard InChI is InChI=1S/C9H11N5O2S/c1-6-3-7(2)13-9(12-6)14-17(15,16)8-4-10-11-5-8/h3-5H,1-2H3,(H,10,11)(H,12,13,14). The summed E-state index contributed by atoms with van der Waals surface area (Å²) in [6.45, 7) is 3.54. The van der Waals surface area contributed by atoms with E-state index in [1.165, 1.54) is 12.4 Å². The number of aryl methyl sites for hydroxylation is 2. The number of hydrogen-bond donors (Lipinski definition) is 2. The first-order chi connectivity index (χ1) is 7.97. The summed E-state index contributed by atoms with van der Waals surface area (Å²) in [7, 11) is -3.67. The van der Waals surface area contributed by atoms with Crippen LogP contribution in [-0.4, -0.2) is 28.6 Å². The summed E-state index contributed by atoms with van der Waals surface area (Å²) in [6, 6.07) is 1.76. The Morgan fingerprint density at radius 2 is 1.88 bits per heavy atom. The van der Waals surface area contributed by atoms with E-state index in [4.69, 9.17) is 0 Å². The molecule has 0 radical (unpaired) electrons. The number of anilines is 1. The first-order valence-electron chi connectivity index (χ1n) is 4.81. The van der Waals surface area contributed by atoms with Crippen LogP contribution in [0.4, 0.5) is 5.95 Å². The molecule has 0 aromatic carbocycles. The van der Waals surface area contributed by atoms with Crippen LogP contribution >= 0.6 is 0 Å². The fraction of sp³-hybridized carbons (Fsp3) is 0.222. The Morgan fingerprint density at radius 1 is 1.24 bits per heavy atom. The highest BCUT2D eigenvalue weighted by Crippen LogP contribution is 2.11. The van der Waals surface area contributed by atoms with E-state index in [2.05, 4.69) is 24.9 Å². The van der Waals surface area contributed by atoms with E-state index in [-0.39, 0.29) is 10.8 Å². The zero-order chi connectivity index (χ0) is 12.5. The molecule has 0 amide bonds. The van der Waals surface area contributed by atoms with E-state index in [9.17, 15) is 8.42 Å². The highest BCUT2D eigenvalue weighted by molar-refractivity contribution is 7.92. The topological polar surface area (TPSA) is 101 Å². The van der Waals surface area contributed by atoms with Crippen molar-refractivity contribution in [2.24, 2.45) is 0 Å². The first-order valence-corrected chi connectivity index (χ1v) is 6.29. The van der Waals surface area contributed by atoms with Gasteiger partial charge in [0.1, 0.15) is 4.90 Å². The van der Waals surface area contributed by atoms with Crippen LogP contribution in [0, 0.1) is 13.8 Å². The maximum absolute atomic E-state index is 11.8. The van der Waals surface area contributed by atoms with Gasteiger partial charge >= 0.3 is 0 Å². The largest absolute Gasteiger partial charge is 0.284 e. The van der Waals surface area contributed by atoms with Crippen LogP contribution in [0.2, 0.25) is 0 Å². The summed E-state index contributed by atoms with van der Waals surface area (Å²) in [6.07, 6.45) is 2.50. The Labute approximate surface area is 98.4 Å². The number of aromatic nitrogens is 4. The smallest absolute Gasteiger partial charge is 0.267 e. The Balaban J connectivity index is 2.33. The SMILES string of the molecule is Cc1cc(C)nc(NS(=O)(=O)c2cn[nH]c2)n1. The van der Waals surface area contributed by atoms with Gasteiger partial charge in [0.25, 0.3) is 10.0 Å². The minimum atomic E-state index is -3.67. The summed E-state index contributed by atoms with van der Waals surface area (Å²) in [5.74, 6) is 0.0590. The third kappa shape index (κ3) is 2.59. The lowest BCUT2D eigenvalue weighted by Crippen LogP contribution is -2.15. The second-order valence-corrected chi connectivity index (χ2v) is 5.20. The molecule has 17 heavy (non-hydrogen) atoms. The van der Waals surface area contributed by atoms with E-state index >= 15 is 0 Å². The second kappa shape index (κ2) is 4.13. The lowest BCUT2D eigenvalue weighted by Gasteiger charge is -2.05. The summed E-state index contributed by atoms with van der Waals surface area (Å²) < 4.78 is 26.0. The molecule has 2 aromatic heterocycles. The van der Waals surface area contributed by atoms with Crippen molar-refractivity contribution in [2.45, 2.75) is 18.7 Å². The molecule has 0 aliphatic carbocycles. The molecule has 2 heterocycles. The van der Waals surface area contributed by atoms with Gasteiger partial charge in [-0.15, -0.1) is 0 Å². The molecule has 2 aromatic rings. The number of hydrogen-bond acceptors (Lipinski definition) is 5. The van der Waals surface area contributed by atoms with Gasteiger partial charge in [-0.2, -0.15) is 5.10 Å². The van der Waals surface area contributed by atoms with Crippen LogP contribution in [0.3, 0.4) is 0 Å². The van der Waals surface area contributed by atoms with Gasteiger partial charge in [0.15, 0.2) is 0 Å². The van der Waals surface area contributed by atoms with Gasteiger partial charge < -0.3 is 0 Å². The lowest BCUT2D eigenvalue weighted by molar-refractivity contribution is 0.601. The molecule has 7 nitrogen and oxygen atoms in total. The highest BCUT2D eigenvalue weighted by Gasteiger charge is 2.16. The summed E-state index contributed by atoms with van der Waals surface area (Å²) >= 11 is 0. The maximum atomic E-state index is 11.8. The van der Waals surface area contributed by atoms with Gasteiger partial charge in [-0.1, -0.05) is 0 Å². The molecule has 0 aliphatic heterocycles. The van der Waals surface area contributed by atoms with Gasteiger partial charge in [-0.05, 0) is 19.9 Å². The molecule has 0 saturated heterocycles. The fourth-order valence-corrected chi connectivity index (χ4v) is 2.19. The van der Waals surface area contributed by atoms with Crippen molar-refractivity contribution in [3.05, 3.63) is 29.8 Å². The summed E-state index contributed by atoms with van der Waals surface area (Å²) in [5.41, 5.74) is 1.39. The first kappa shape index (κ1) is 11.5. The van der Waals surface area contributed by atoms with E-state index in [0.717, 1.165) is 0 Å². The van der Waals surface area contributed by atoms with Crippen molar-refractivity contribution >= 4 is 16.0 Å². The van der Waals surface area contributed by atoms with E-state index in [1.807, 2.05) is 0 Å². The van der Waals surface area contributed by atoms with Crippen LogP contribution < -0.4 is 4.72 Å². The minimum absolute atomic E-state index is 0.0419. The fourth-order valence-electron chi connectivity index (χ4n) is 1.34. The van der Waals surface area contributed by atoms with Gasteiger partial charge in [0, 0.05) is 17.6 Å². The van der Waals surface area contributed by atoms with Gasteiger partial charge in [-0.3, -0.25) is 5.10 Å². The maximum Gasteiger partial charge on any atom is 0.267 e. The van der Waals surface area contributed by atoms with Crippen molar-refractivity contribution in [2.75, 3.05) is 4.72 Å². The lowest BCUT2D eigenvalue weighted by atomic mass is 10.4. The monoisotopic (exact) mass is 253 g/mol. The zero-order valence-corrected chi connectivity index (χ0v) is 10.1. The number of rotatable bonds is 3. The Bertz CT molecular complexity index is 601. The Kier molecular flexibility index (Phi) is 2.80. The van der Waals surface area contributed by atoms with E-state index in [0.29, 0.717) is 11.4 Å². The van der Waals surface area contributed by atoms with Crippen molar-refractivity contribution in [1.29, 1.82) is 0 Å². The number of nitrogens with zero attached hydrogens (tertiary/aromatic N) is 3. The summed E-state index contributed by atoms with van der Waals surface area (Å²) in [5, 5.41) is 6.01. The van der Waals surface area contributed by atoms with Crippen LogP contribution in [0.25, 0.3) is 0 Å².